The second-order valence-corrected chi connectivity index (χ2v) is 11.8. The maximum atomic E-state index is 11.2. The summed E-state index contributed by atoms with van der Waals surface area (Å²) in [5.41, 5.74) is 5.72. The highest BCUT2D eigenvalue weighted by atomic mass is 32.1. The predicted molar refractivity (Wildman–Crippen MR) is 139 cm³/mol. The molecule has 0 unspecified atom stereocenters. The van der Waals surface area contributed by atoms with E-state index in [4.69, 9.17) is 0 Å². The minimum atomic E-state index is -0.902. The summed E-state index contributed by atoms with van der Waals surface area (Å²) in [5.74, 6) is 1.84. The number of rotatable bonds is 7. The zero-order valence-corrected chi connectivity index (χ0v) is 20.5. The molecule has 4 aliphatic rings. The molecule has 1 aromatic heterocycles. The summed E-state index contributed by atoms with van der Waals surface area (Å²) in [7, 11) is 0. The Bertz CT molecular complexity index is 1180. The lowest BCUT2D eigenvalue weighted by atomic mass is 9.48. The van der Waals surface area contributed by atoms with Gasteiger partial charge in [-0.05, 0) is 104 Å². The number of aromatic nitrogens is 1. The van der Waals surface area contributed by atoms with Gasteiger partial charge in [-0.1, -0.05) is 25.1 Å². The average Bonchev–Trinajstić information content (AvgIpc) is 3.32. The molecule has 4 bridgehead atoms. The van der Waals surface area contributed by atoms with Gasteiger partial charge in [0.25, 0.3) is 0 Å². The van der Waals surface area contributed by atoms with Crippen molar-refractivity contribution in [3.8, 4) is 21.0 Å². The molecule has 1 heterocycles. The van der Waals surface area contributed by atoms with E-state index >= 15 is 0 Å². The van der Waals surface area contributed by atoms with Crippen molar-refractivity contribution in [2.24, 2.45) is 17.8 Å². The Labute approximate surface area is 205 Å². The minimum Gasteiger partial charge on any atom is -0.478 e. The van der Waals surface area contributed by atoms with Gasteiger partial charge >= 0.3 is 5.97 Å². The van der Waals surface area contributed by atoms with E-state index in [2.05, 4.69) is 35.4 Å². The normalized spacial score (nSPS) is 27.1. The summed E-state index contributed by atoms with van der Waals surface area (Å²) in [6.07, 6.45) is 11.5. The van der Waals surface area contributed by atoms with Crippen molar-refractivity contribution in [1.29, 1.82) is 0 Å². The minimum absolute atomic E-state index is 0.302. The van der Waals surface area contributed by atoms with Gasteiger partial charge in [-0.3, -0.25) is 0 Å². The Balaban J connectivity index is 1.35. The molecule has 5 heteroatoms. The van der Waals surface area contributed by atoms with Crippen LogP contribution in [0.15, 0.2) is 48.7 Å². The number of hydrogen-bond donors (Lipinski definition) is 2. The third-order valence-corrected chi connectivity index (χ3v) is 9.46. The second kappa shape index (κ2) is 8.53. The van der Waals surface area contributed by atoms with E-state index in [-0.39, 0.29) is 0 Å². The molecule has 0 spiro atoms. The molecule has 4 fully saturated rings. The number of aromatic carboxylic acids is 1. The topological polar surface area (TPSA) is 62.2 Å². The summed E-state index contributed by atoms with van der Waals surface area (Å²) in [6.45, 7) is 3.24. The van der Waals surface area contributed by atoms with Crippen LogP contribution in [0, 0.1) is 17.8 Å². The van der Waals surface area contributed by atoms with Crippen molar-refractivity contribution in [3.63, 3.8) is 0 Å². The first kappa shape index (κ1) is 21.8. The van der Waals surface area contributed by atoms with Gasteiger partial charge in [0.2, 0.25) is 0 Å². The Morgan fingerprint density at radius 1 is 1.03 bits per heavy atom. The number of hydrogen-bond acceptors (Lipinski definition) is 4. The highest BCUT2D eigenvalue weighted by Gasteiger charge is 2.52. The molecule has 4 nitrogen and oxygen atoms in total. The molecule has 2 N–H and O–H groups in total. The average molecular weight is 473 g/mol. The van der Waals surface area contributed by atoms with Crippen LogP contribution in [-0.4, -0.2) is 22.6 Å². The van der Waals surface area contributed by atoms with Gasteiger partial charge in [0.1, 0.15) is 5.01 Å². The molecule has 4 aliphatic carbocycles. The van der Waals surface area contributed by atoms with E-state index in [1.807, 2.05) is 18.3 Å². The Morgan fingerprint density at radius 2 is 1.68 bits per heavy atom. The third-order valence-electron chi connectivity index (χ3n) is 8.36. The van der Waals surface area contributed by atoms with Gasteiger partial charge in [-0.2, -0.15) is 0 Å². The maximum absolute atomic E-state index is 11.2. The van der Waals surface area contributed by atoms with Crippen LogP contribution in [0.1, 0.15) is 67.8 Å². The SMILES string of the molecule is CCCNc1ccc(-c2cnc(-c3ccc(C(=O)O)cc3)s2)cc1C12CC3C[C@H](C1)C[C@@H](C3)C2. The number of carboxylic acid groups (broad SMARTS) is 1. The van der Waals surface area contributed by atoms with Gasteiger partial charge in [-0.25, -0.2) is 9.78 Å². The summed E-state index contributed by atoms with van der Waals surface area (Å²) in [5, 5.41) is 13.9. The van der Waals surface area contributed by atoms with Crippen molar-refractivity contribution < 1.29 is 9.90 Å². The molecule has 7 rings (SSSR count). The van der Waals surface area contributed by atoms with Crippen LogP contribution in [0.3, 0.4) is 0 Å². The van der Waals surface area contributed by atoms with Gasteiger partial charge in [0.15, 0.2) is 0 Å². The van der Waals surface area contributed by atoms with Crippen LogP contribution in [0.2, 0.25) is 0 Å². The van der Waals surface area contributed by atoms with Crippen molar-refractivity contribution >= 4 is 23.0 Å². The van der Waals surface area contributed by atoms with Crippen molar-refractivity contribution in [1.82, 2.24) is 4.98 Å². The third kappa shape index (κ3) is 3.84. The van der Waals surface area contributed by atoms with Crippen molar-refractivity contribution in [2.75, 3.05) is 11.9 Å². The number of carbonyl (C=O) groups is 1. The monoisotopic (exact) mass is 472 g/mol. The fraction of sp³-hybridized carbons (Fsp3) is 0.448. The zero-order chi connectivity index (χ0) is 23.3. The van der Waals surface area contributed by atoms with E-state index in [1.54, 1.807) is 29.0 Å². The lowest BCUT2D eigenvalue weighted by Crippen LogP contribution is -2.48. The molecule has 0 amide bonds. The Hall–Kier alpha value is -2.66. The van der Waals surface area contributed by atoms with Crippen LogP contribution in [0.5, 0.6) is 0 Å². The highest BCUT2D eigenvalue weighted by Crippen LogP contribution is 2.62. The van der Waals surface area contributed by atoms with E-state index in [0.29, 0.717) is 11.0 Å². The van der Waals surface area contributed by atoms with E-state index in [0.717, 1.165) is 41.3 Å². The molecule has 0 aliphatic heterocycles. The molecule has 2 aromatic carbocycles. The quantitative estimate of drug-likeness (QED) is 0.374. The standard InChI is InChI=1S/C29H32N2O2S/c1-2-9-30-25-8-7-23(13-24(25)29-14-18-10-19(15-29)12-20(11-18)16-29)26-17-31-27(34-26)21-3-5-22(6-4-21)28(32)33/h3-8,13,17-20,30H,2,9-12,14-16H2,1H3,(H,32,33)/t18-,19+,20?,29?. The molecule has 0 saturated heterocycles. The van der Waals surface area contributed by atoms with Crippen molar-refractivity contribution in [3.05, 3.63) is 59.8 Å². The molecule has 4 saturated carbocycles. The Morgan fingerprint density at radius 3 is 2.29 bits per heavy atom. The number of nitrogens with one attached hydrogen (secondary N) is 1. The molecular formula is C29H32N2O2S. The van der Waals surface area contributed by atoms with E-state index in [1.165, 1.54) is 54.7 Å². The summed E-state index contributed by atoms with van der Waals surface area (Å²) in [4.78, 5) is 17.0. The fourth-order valence-electron chi connectivity index (χ4n) is 7.29. The van der Waals surface area contributed by atoms with Crippen LogP contribution < -0.4 is 5.32 Å². The van der Waals surface area contributed by atoms with Crippen LogP contribution >= 0.6 is 11.3 Å². The van der Waals surface area contributed by atoms with Gasteiger partial charge in [0, 0.05) is 24.0 Å². The van der Waals surface area contributed by atoms with Crippen LogP contribution in [0.4, 0.5) is 5.69 Å². The zero-order valence-electron chi connectivity index (χ0n) is 19.7. The molecule has 176 valence electrons. The first-order valence-electron chi connectivity index (χ1n) is 12.7. The lowest BCUT2D eigenvalue weighted by Gasteiger charge is -2.57. The molecular weight excluding hydrogens is 440 g/mol. The van der Waals surface area contributed by atoms with Gasteiger partial charge in [0.05, 0.1) is 10.4 Å². The Kier molecular flexibility index (Phi) is 5.48. The first-order valence-corrected chi connectivity index (χ1v) is 13.5. The first-order chi connectivity index (χ1) is 16.5. The van der Waals surface area contributed by atoms with Crippen LogP contribution in [0.25, 0.3) is 21.0 Å². The second-order valence-electron chi connectivity index (χ2n) is 10.8. The highest BCUT2D eigenvalue weighted by molar-refractivity contribution is 7.18. The molecule has 0 radical (unpaired) electrons. The van der Waals surface area contributed by atoms with Gasteiger partial charge in [-0.15, -0.1) is 11.3 Å². The smallest absolute Gasteiger partial charge is 0.335 e. The fourth-order valence-corrected chi connectivity index (χ4v) is 8.20. The molecule has 0 atom stereocenters. The number of thiazole rings is 1. The number of benzene rings is 2. The number of nitrogens with zero attached hydrogens (tertiary/aromatic N) is 1. The maximum Gasteiger partial charge on any atom is 0.335 e. The summed E-state index contributed by atoms with van der Waals surface area (Å²) < 4.78 is 0. The van der Waals surface area contributed by atoms with Gasteiger partial charge < -0.3 is 10.4 Å². The lowest BCUT2D eigenvalue weighted by molar-refractivity contribution is -0.00485. The number of carboxylic acids is 1. The summed E-state index contributed by atoms with van der Waals surface area (Å²) in [6, 6.07) is 14.0. The van der Waals surface area contributed by atoms with Crippen molar-refractivity contribution in [2.45, 2.75) is 57.3 Å². The van der Waals surface area contributed by atoms with E-state index < -0.39 is 5.97 Å². The van der Waals surface area contributed by atoms with E-state index in [9.17, 15) is 9.90 Å². The summed E-state index contributed by atoms with van der Waals surface area (Å²) >= 11 is 1.68. The largest absolute Gasteiger partial charge is 0.478 e. The molecule has 34 heavy (non-hydrogen) atoms. The number of anilines is 1. The van der Waals surface area contributed by atoms with Crippen LogP contribution in [-0.2, 0) is 5.41 Å². The molecule has 3 aromatic rings. The predicted octanol–water partition coefficient (Wildman–Crippen LogP) is 7.47.